The molecule has 0 amide bonds. The highest BCUT2D eigenvalue weighted by Crippen LogP contribution is 2.25. The topological polar surface area (TPSA) is 61.8 Å². The van der Waals surface area contributed by atoms with Crippen LogP contribution in [0.15, 0.2) is 24.3 Å². The van der Waals surface area contributed by atoms with Crippen molar-refractivity contribution < 1.29 is 23.8 Å². The third-order valence-electron chi connectivity index (χ3n) is 2.93. The molecule has 1 aromatic rings. The lowest BCUT2D eigenvalue weighted by Crippen LogP contribution is -2.19. The van der Waals surface area contributed by atoms with Crippen molar-refractivity contribution in [3.8, 4) is 5.75 Å². The normalized spacial score (nSPS) is 11.9. The number of benzene rings is 1. The second-order valence-electron chi connectivity index (χ2n) is 5.13. The molecular weight excluding hydrogens is 272 g/mol. The molecule has 116 valence electrons. The van der Waals surface area contributed by atoms with E-state index in [1.807, 2.05) is 6.07 Å². The van der Waals surface area contributed by atoms with Gasteiger partial charge in [-0.3, -0.25) is 9.59 Å². The maximum absolute atomic E-state index is 11.9. The van der Waals surface area contributed by atoms with Crippen LogP contribution in [0.4, 0.5) is 0 Å². The van der Waals surface area contributed by atoms with Crippen LogP contribution in [0.3, 0.4) is 0 Å². The Kier molecular flexibility index (Phi) is 6.72. The van der Waals surface area contributed by atoms with E-state index >= 15 is 0 Å². The molecule has 1 unspecified atom stereocenters. The largest absolute Gasteiger partial charge is 0.493 e. The van der Waals surface area contributed by atoms with Crippen molar-refractivity contribution in [2.45, 2.75) is 26.2 Å². The maximum Gasteiger partial charge on any atom is 0.313 e. The van der Waals surface area contributed by atoms with E-state index in [1.165, 1.54) is 14.2 Å². The minimum Gasteiger partial charge on any atom is -0.493 e. The van der Waals surface area contributed by atoms with Gasteiger partial charge in [0.2, 0.25) is 0 Å². The highest BCUT2D eigenvalue weighted by atomic mass is 16.5. The first kappa shape index (κ1) is 17.0. The molecule has 0 aromatic heterocycles. The molecule has 5 nitrogen and oxygen atoms in total. The summed E-state index contributed by atoms with van der Waals surface area (Å²) in [5.74, 6) is -0.551. The van der Waals surface area contributed by atoms with Crippen LogP contribution in [0.1, 0.15) is 31.7 Å². The number of carbonyl (C=O) groups excluding carboxylic acids is 2. The molecular formula is C16H22O5. The van der Waals surface area contributed by atoms with Gasteiger partial charge in [-0.1, -0.05) is 26.0 Å². The Bertz CT molecular complexity index is 481. The number of carbonyl (C=O) groups is 2. The standard InChI is InChI=1S/C16H22O5/c1-11(2)10-21-13-7-5-6-12(8-13)14(16(18)20-4)9-15(17)19-3/h5-8,11,14H,9-10H2,1-4H3. The van der Waals surface area contributed by atoms with Gasteiger partial charge in [-0.25, -0.2) is 0 Å². The molecule has 1 atom stereocenters. The molecule has 0 bridgehead atoms. The van der Waals surface area contributed by atoms with Crippen molar-refractivity contribution in [1.29, 1.82) is 0 Å². The summed E-state index contributed by atoms with van der Waals surface area (Å²) < 4.78 is 15.0. The van der Waals surface area contributed by atoms with E-state index in [2.05, 4.69) is 18.6 Å². The monoisotopic (exact) mass is 294 g/mol. The third kappa shape index (κ3) is 5.45. The van der Waals surface area contributed by atoms with Crippen molar-refractivity contribution >= 4 is 11.9 Å². The Morgan fingerprint density at radius 3 is 2.43 bits per heavy atom. The summed E-state index contributed by atoms with van der Waals surface area (Å²) in [5, 5.41) is 0. The van der Waals surface area contributed by atoms with Crippen LogP contribution in [0.5, 0.6) is 5.75 Å². The summed E-state index contributed by atoms with van der Waals surface area (Å²) in [6.45, 7) is 4.69. The van der Waals surface area contributed by atoms with Gasteiger partial charge in [0, 0.05) is 0 Å². The lowest BCUT2D eigenvalue weighted by atomic mass is 9.95. The molecule has 0 saturated carbocycles. The van der Waals surface area contributed by atoms with Crippen molar-refractivity contribution in [2.75, 3.05) is 20.8 Å². The van der Waals surface area contributed by atoms with E-state index in [1.54, 1.807) is 18.2 Å². The van der Waals surface area contributed by atoms with E-state index in [4.69, 9.17) is 9.47 Å². The van der Waals surface area contributed by atoms with E-state index < -0.39 is 17.9 Å². The van der Waals surface area contributed by atoms with Crippen molar-refractivity contribution in [3.63, 3.8) is 0 Å². The van der Waals surface area contributed by atoms with Gasteiger partial charge in [0.05, 0.1) is 33.2 Å². The average Bonchev–Trinajstić information content (AvgIpc) is 2.49. The van der Waals surface area contributed by atoms with Gasteiger partial charge >= 0.3 is 11.9 Å². The molecule has 0 fully saturated rings. The molecule has 0 aliphatic heterocycles. The predicted octanol–water partition coefficient (Wildman–Crippen LogP) is 2.54. The van der Waals surface area contributed by atoms with Crippen LogP contribution in [-0.4, -0.2) is 32.8 Å². The zero-order valence-corrected chi connectivity index (χ0v) is 12.9. The molecule has 0 spiro atoms. The zero-order valence-electron chi connectivity index (χ0n) is 12.9. The molecule has 1 aromatic carbocycles. The number of hydrogen-bond acceptors (Lipinski definition) is 5. The number of hydrogen-bond donors (Lipinski definition) is 0. The van der Waals surface area contributed by atoms with Crippen molar-refractivity contribution in [3.05, 3.63) is 29.8 Å². The Labute approximate surface area is 125 Å². The summed E-state index contributed by atoms with van der Waals surface area (Å²) in [6.07, 6.45) is -0.0587. The lowest BCUT2D eigenvalue weighted by Gasteiger charge is -2.15. The van der Waals surface area contributed by atoms with Crippen LogP contribution in [0, 0.1) is 5.92 Å². The first-order valence-electron chi connectivity index (χ1n) is 6.85. The summed E-state index contributed by atoms with van der Waals surface area (Å²) in [7, 11) is 2.59. The van der Waals surface area contributed by atoms with Gasteiger partial charge in [0.25, 0.3) is 0 Å². The number of methoxy groups -OCH3 is 2. The van der Waals surface area contributed by atoms with Crippen LogP contribution in [0.2, 0.25) is 0 Å². The van der Waals surface area contributed by atoms with Gasteiger partial charge in [0.1, 0.15) is 5.75 Å². The highest BCUT2D eigenvalue weighted by Gasteiger charge is 2.25. The molecule has 0 radical (unpaired) electrons. The van der Waals surface area contributed by atoms with Crippen LogP contribution in [-0.2, 0) is 19.1 Å². The Morgan fingerprint density at radius 2 is 1.86 bits per heavy atom. The minimum atomic E-state index is -0.690. The van der Waals surface area contributed by atoms with Crippen LogP contribution in [0.25, 0.3) is 0 Å². The molecule has 0 aliphatic rings. The Hall–Kier alpha value is -2.04. The van der Waals surface area contributed by atoms with Gasteiger partial charge < -0.3 is 14.2 Å². The molecule has 5 heteroatoms. The van der Waals surface area contributed by atoms with Crippen molar-refractivity contribution in [1.82, 2.24) is 0 Å². The summed E-state index contributed by atoms with van der Waals surface area (Å²) >= 11 is 0. The molecule has 0 aliphatic carbocycles. The van der Waals surface area contributed by atoms with Gasteiger partial charge in [-0.05, 0) is 23.6 Å². The fourth-order valence-corrected chi connectivity index (χ4v) is 1.81. The molecule has 1 rings (SSSR count). The lowest BCUT2D eigenvalue weighted by molar-refractivity contribution is -0.149. The minimum absolute atomic E-state index is 0.0587. The molecule has 0 saturated heterocycles. The van der Waals surface area contributed by atoms with Gasteiger partial charge in [-0.2, -0.15) is 0 Å². The molecule has 21 heavy (non-hydrogen) atoms. The van der Waals surface area contributed by atoms with E-state index in [-0.39, 0.29) is 6.42 Å². The fourth-order valence-electron chi connectivity index (χ4n) is 1.81. The smallest absolute Gasteiger partial charge is 0.313 e. The van der Waals surface area contributed by atoms with Crippen molar-refractivity contribution in [2.24, 2.45) is 5.92 Å². The summed E-state index contributed by atoms with van der Waals surface area (Å²) in [5.41, 5.74) is 0.675. The second kappa shape index (κ2) is 8.29. The number of rotatable bonds is 7. The number of ether oxygens (including phenoxy) is 3. The third-order valence-corrected chi connectivity index (χ3v) is 2.93. The quantitative estimate of drug-likeness (QED) is 0.723. The summed E-state index contributed by atoms with van der Waals surface area (Å²) in [6, 6.07) is 7.14. The Balaban J connectivity index is 2.93. The molecule has 0 N–H and O–H groups in total. The van der Waals surface area contributed by atoms with Gasteiger partial charge in [-0.15, -0.1) is 0 Å². The van der Waals surface area contributed by atoms with E-state index in [0.29, 0.717) is 23.8 Å². The van der Waals surface area contributed by atoms with Crippen LogP contribution >= 0.6 is 0 Å². The summed E-state index contributed by atoms with van der Waals surface area (Å²) in [4.78, 5) is 23.3. The molecule has 0 heterocycles. The zero-order chi connectivity index (χ0) is 15.8. The van der Waals surface area contributed by atoms with Crippen LogP contribution < -0.4 is 4.74 Å². The second-order valence-corrected chi connectivity index (χ2v) is 5.13. The van der Waals surface area contributed by atoms with Gasteiger partial charge in [0.15, 0.2) is 0 Å². The fraction of sp³-hybridized carbons (Fsp3) is 0.500. The predicted molar refractivity (Wildman–Crippen MR) is 78.2 cm³/mol. The first-order valence-corrected chi connectivity index (χ1v) is 6.85. The van der Waals surface area contributed by atoms with E-state index in [0.717, 1.165) is 0 Å². The number of esters is 2. The van der Waals surface area contributed by atoms with E-state index in [9.17, 15) is 9.59 Å². The highest BCUT2D eigenvalue weighted by molar-refractivity contribution is 5.84. The Morgan fingerprint density at radius 1 is 1.14 bits per heavy atom. The average molecular weight is 294 g/mol. The first-order chi connectivity index (χ1) is 9.97. The maximum atomic E-state index is 11.9. The SMILES string of the molecule is COC(=O)CC(C(=O)OC)c1cccc(OCC(C)C)c1.